The SMILES string of the molecule is COc1ccc(N2C(=O)[C@H](N)[C@H]2c2ccccc2F)cc1Cl. The molecule has 114 valence electrons. The molecule has 0 spiro atoms. The summed E-state index contributed by atoms with van der Waals surface area (Å²) in [6.07, 6.45) is 0. The highest BCUT2D eigenvalue weighted by molar-refractivity contribution is 6.32. The Balaban J connectivity index is 2.00. The minimum absolute atomic E-state index is 0.269. The Labute approximate surface area is 132 Å². The number of benzene rings is 2. The van der Waals surface area contributed by atoms with Crippen molar-refractivity contribution in [2.45, 2.75) is 12.1 Å². The van der Waals surface area contributed by atoms with Crippen LogP contribution in [0.2, 0.25) is 5.02 Å². The van der Waals surface area contributed by atoms with Crippen LogP contribution in [-0.4, -0.2) is 19.1 Å². The Bertz CT molecular complexity index is 738. The van der Waals surface area contributed by atoms with Crippen molar-refractivity contribution in [1.29, 1.82) is 0 Å². The summed E-state index contributed by atoms with van der Waals surface area (Å²) in [7, 11) is 1.51. The minimum Gasteiger partial charge on any atom is -0.495 e. The fourth-order valence-corrected chi connectivity index (χ4v) is 2.90. The summed E-state index contributed by atoms with van der Waals surface area (Å²) >= 11 is 6.10. The number of nitrogens with zero attached hydrogens (tertiary/aromatic N) is 1. The molecule has 2 N–H and O–H groups in total. The van der Waals surface area contributed by atoms with Crippen LogP contribution in [0.5, 0.6) is 5.75 Å². The van der Waals surface area contributed by atoms with E-state index >= 15 is 0 Å². The molecule has 1 saturated heterocycles. The molecule has 2 atom stereocenters. The normalized spacial score (nSPS) is 20.7. The van der Waals surface area contributed by atoms with Crippen LogP contribution in [0.3, 0.4) is 0 Å². The molecule has 1 aliphatic heterocycles. The number of amides is 1. The zero-order valence-corrected chi connectivity index (χ0v) is 12.5. The molecule has 1 amide bonds. The molecule has 1 aliphatic rings. The Hall–Kier alpha value is -2.11. The van der Waals surface area contributed by atoms with E-state index in [4.69, 9.17) is 22.1 Å². The van der Waals surface area contributed by atoms with E-state index in [1.807, 2.05) is 0 Å². The summed E-state index contributed by atoms with van der Waals surface area (Å²) < 4.78 is 19.1. The number of hydrogen-bond donors (Lipinski definition) is 1. The van der Waals surface area contributed by atoms with Crippen molar-refractivity contribution in [2.75, 3.05) is 12.0 Å². The fraction of sp³-hybridized carbons (Fsp3) is 0.188. The first-order valence-electron chi connectivity index (χ1n) is 6.71. The number of methoxy groups -OCH3 is 1. The maximum Gasteiger partial charge on any atom is 0.247 e. The summed E-state index contributed by atoms with van der Waals surface area (Å²) in [5.41, 5.74) is 6.82. The van der Waals surface area contributed by atoms with Crippen molar-refractivity contribution in [3.8, 4) is 5.75 Å². The second-order valence-electron chi connectivity index (χ2n) is 5.02. The van der Waals surface area contributed by atoms with E-state index < -0.39 is 12.1 Å². The lowest BCUT2D eigenvalue weighted by Gasteiger charge is -2.45. The average molecular weight is 321 g/mol. The van der Waals surface area contributed by atoms with Gasteiger partial charge in [-0.15, -0.1) is 0 Å². The lowest BCUT2D eigenvalue weighted by Crippen LogP contribution is -2.63. The zero-order valence-electron chi connectivity index (χ0n) is 11.8. The van der Waals surface area contributed by atoms with Crippen LogP contribution in [-0.2, 0) is 4.79 Å². The number of anilines is 1. The van der Waals surface area contributed by atoms with Crippen molar-refractivity contribution in [2.24, 2.45) is 5.73 Å². The molecule has 3 rings (SSSR count). The van der Waals surface area contributed by atoms with E-state index in [9.17, 15) is 9.18 Å². The van der Waals surface area contributed by atoms with Crippen LogP contribution < -0.4 is 15.4 Å². The number of rotatable bonds is 3. The average Bonchev–Trinajstić information content (AvgIpc) is 2.52. The number of β-lactam (4-membered cyclic amide) rings is 1. The summed E-state index contributed by atoms with van der Waals surface area (Å²) in [6.45, 7) is 0. The van der Waals surface area contributed by atoms with Gasteiger partial charge in [-0.2, -0.15) is 0 Å². The Morgan fingerprint density at radius 3 is 2.64 bits per heavy atom. The molecule has 22 heavy (non-hydrogen) atoms. The Morgan fingerprint density at radius 1 is 1.27 bits per heavy atom. The van der Waals surface area contributed by atoms with Crippen LogP contribution in [0, 0.1) is 5.82 Å². The van der Waals surface area contributed by atoms with Crippen LogP contribution in [0.25, 0.3) is 0 Å². The standard InChI is InChI=1S/C16H14ClFN2O2/c1-22-13-7-6-9(8-11(13)17)20-15(14(19)16(20)21)10-4-2-3-5-12(10)18/h2-8,14-15H,19H2,1H3/t14-,15-/m1/s1. The third-order valence-corrected chi connectivity index (χ3v) is 4.07. The number of carbonyl (C=O) groups is 1. The van der Waals surface area contributed by atoms with Crippen LogP contribution in [0.15, 0.2) is 42.5 Å². The second kappa shape index (κ2) is 5.59. The lowest BCUT2D eigenvalue weighted by atomic mass is 9.88. The molecule has 0 bridgehead atoms. The maximum absolute atomic E-state index is 14.0. The van der Waals surface area contributed by atoms with Gasteiger partial charge in [0.15, 0.2) is 0 Å². The lowest BCUT2D eigenvalue weighted by molar-refractivity contribution is -0.126. The van der Waals surface area contributed by atoms with Gasteiger partial charge in [-0.05, 0) is 24.3 Å². The van der Waals surface area contributed by atoms with Gasteiger partial charge in [0.1, 0.15) is 17.6 Å². The summed E-state index contributed by atoms with van der Waals surface area (Å²) in [5, 5.41) is 0.376. The zero-order chi connectivity index (χ0) is 15.9. The van der Waals surface area contributed by atoms with E-state index in [-0.39, 0.29) is 11.7 Å². The smallest absolute Gasteiger partial charge is 0.247 e. The van der Waals surface area contributed by atoms with Gasteiger partial charge in [-0.25, -0.2) is 4.39 Å². The Morgan fingerprint density at radius 2 is 2.00 bits per heavy atom. The molecule has 0 unspecified atom stereocenters. The third-order valence-electron chi connectivity index (χ3n) is 3.78. The quantitative estimate of drug-likeness (QED) is 0.885. The fourth-order valence-electron chi connectivity index (χ4n) is 2.65. The van der Waals surface area contributed by atoms with Gasteiger partial charge in [0.05, 0.1) is 18.2 Å². The number of hydrogen-bond acceptors (Lipinski definition) is 3. The van der Waals surface area contributed by atoms with Gasteiger partial charge in [0, 0.05) is 11.3 Å². The summed E-state index contributed by atoms with van der Waals surface area (Å²) in [5.74, 6) is -0.153. The first-order valence-corrected chi connectivity index (χ1v) is 7.09. The van der Waals surface area contributed by atoms with Gasteiger partial charge in [-0.3, -0.25) is 4.79 Å². The highest BCUT2D eigenvalue weighted by atomic mass is 35.5. The number of nitrogens with two attached hydrogens (primary N) is 1. The molecule has 6 heteroatoms. The van der Waals surface area contributed by atoms with Gasteiger partial charge >= 0.3 is 0 Å². The topological polar surface area (TPSA) is 55.6 Å². The van der Waals surface area contributed by atoms with E-state index in [2.05, 4.69) is 0 Å². The second-order valence-corrected chi connectivity index (χ2v) is 5.43. The minimum atomic E-state index is -0.766. The number of ether oxygens (including phenoxy) is 1. The van der Waals surface area contributed by atoms with E-state index in [1.165, 1.54) is 18.1 Å². The first kappa shape index (κ1) is 14.8. The molecule has 0 saturated carbocycles. The van der Waals surface area contributed by atoms with E-state index in [1.54, 1.807) is 36.4 Å². The van der Waals surface area contributed by atoms with Gasteiger partial charge in [0.2, 0.25) is 5.91 Å². The summed E-state index contributed by atoms with van der Waals surface area (Å²) in [4.78, 5) is 13.6. The van der Waals surface area contributed by atoms with Crippen LogP contribution >= 0.6 is 11.6 Å². The van der Waals surface area contributed by atoms with Gasteiger partial charge in [-0.1, -0.05) is 29.8 Å². The molecule has 0 radical (unpaired) electrons. The van der Waals surface area contributed by atoms with Crippen LogP contribution in [0.1, 0.15) is 11.6 Å². The molecular weight excluding hydrogens is 307 g/mol. The Kier molecular flexibility index (Phi) is 3.76. The third kappa shape index (κ3) is 2.23. The molecule has 2 aromatic rings. The molecular formula is C16H14ClFN2O2. The van der Waals surface area contributed by atoms with Crippen molar-refractivity contribution >= 4 is 23.2 Å². The number of carbonyl (C=O) groups excluding carboxylic acids is 1. The highest BCUT2D eigenvalue weighted by Gasteiger charge is 2.47. The van der Waals surface area contributed by atoms with Crippen molar-refractivity contribution in [3.63, 3.8) is 0 Å². The number of halogens is 2. The molecule has 4 nitrogen and oxygen atoms in total. The van der Waals surface area contributed by atoms with Crippen LogP contribution in [0.4, 0.5) is 10.1 Å². The van der Waals surface area contributed by atoms with E-state index in [0.29, 0.717) is 22.0 Å². The van der Waals surface area contributed by atoms with E-state index in [0.717, 1.165) is 0 Å². The predicted molar refractivity (Wildman–Crippen MR) is 82.6 cm³/mol. The monoisotopic (exact) mass is 320 g/mol. The van der Waals surface area contributed by atoms with Gasteiger partial charge in [0.25, 0.3) is 0 Å². The largest absolute Gasteiger partial charge is 0.495 e. The summed E-state index contributed by atoms with van der Waals surface area (Å²) in [6, 6.07) is 9.95. The first-order chi connectivity index (χ1) is 10.5. The predicted octanol–water partition coefficient (Wildman–Crippen LogP) is 2.90. The molecule has 1 heterocycles. The highest BCUT2D eigenvalue weighted by Crippen LogP contribution is 2.41. The molecule has 2 aromatic carbocycles. The maximum atomic E-state index is 14.0. The molecule has 1 fully saturated rings. The molecule has 0 aromatic heterocycles. The molecule has 0 aliphatic carbocycles. The van der Waals surface area contributed by atoms with Crippen molar-refractivity contribution in [1.82, 2.24) is 0 Å². The van der Waals surface area contributed by atoms with Crippen molar-refractivity contribution in [3.05, 3.63) is 58.9 Å². The van der Waals surface area contributed by atoms with Crippen molar-refractivity contribution < 1.29 is 13.9 Å². The van der Waals surface area contributed by atoms with Gasteiger partial charge < -0.3 is 15.4 Å².